The van der Waals surface area contributed by atoms with Crippen molar-refractivity contribution in [2.75, 3.05) is 6.61 Å². The number of carbonyl (C=O) groups excluding carboxylic acids is 2. The minimum atomic E-state index is -0.693. The van der Waals surface area contributed by atoms with Crippen molar-refractivity contribution in [2.45, 2.75) is 58.7 Å². The maximum Gasteiger partial charge on any atom is 0.261 e. The van der Waals surface area contributed by atoms with Gasteiger partial charge in [0.1, 0.15) is 11.8 Å². The van der Waals surface area contributed by atoms with Crippen LogP contribution in [0.4, 0.5) is 0 Å². The van der Waals surface area contributed by atoms with E-state index < -0.39 is 6.04 Å². The van der Waals surface area contributed by atoms with Crippen molar-refractivity contribution in [2.24, 2.45) is 0 Å². The number of aryl methyl sites for hydroxylation is 1. The minimum Gasteiger partial charge on any atom is -0.483 e. The topological polar surface area (TPSA) is 58.6 Å². The zero-order valence-corrected chi connectivity index (χ0v) is 24.7. The Morgan fingerprint density at radius 2 is 1.59 bits per heavy atom. The molecule has 7 heteroatoms. The van der Waals surface area contributed by atoms with Crippen LogP contribution in [0.3, 0.4) is 0 Å². The van der Waals surface area contributed by atoms with Gasteiger partial charge in [-0.3, -0.25) is 9.59 Å². The molecule has 3 rings (SSSR count). The Balaban J connectivity index is 1.91. The third kappa shape index (κ3) is 8.71. The van der Waals surface area contributed by atoms with Gasteiger partial charge in [0.25, 0.3) is 5.91 Å². The van der Waals surface area contributed by atoms with Crippen LogP contribution in [0.25, 0.3) is 0 Å². The van der Waals surface area contributed by atoms with E-state index in [9.17, 15) is 9.59 Å². The summed E-state index contributed by atoms with van der Waals surface area (Å²) in [6.45, 7) is 6.19. The predicted molar refractivity (Wildman–Crippen MR) is 156 cm³/mol. The SMILES string of the molecule is CCc1ccc(OCC(=O)N(Cc2ccc(Br)cc2)[C@@H](Cc2ccccc2)C(=O)N[C@H](C)CC)c(Br)c1. The van der Waals surface area contributed by atoms with Gasteiger partial charge in [0.15, 0.2) is 6.61 Å². The van der Waals surface area contributed by atoms with Crippen molar-refractivity contribution in [3.8, 4) is 5.75 Å². The quantitative estimate of drug-likeness (QED) is 0.242. The molecule has 0 aliphatic rings. The van der Waals surface area contributed by atoms with Gasteiger partial charge < -0.3 is 15.0 Å². The van der Waals surface area contributed by atoms with Crippen LogP contribution < -0.4 is 10.1 Å². The predicted octanol–water partition coefficient (Wildman–Crippen LogP) is 6.71. The average Bonchev–Trinajstić information content (AvgIpc) is 2.91. The van der Waals surface area contributed by atoms with Gasteiger partial charge in [0.05, 0.1) is 4.47 Å². The molecule has 3 aromatic rings. The third-order valence-electron chi connectivity index (χ3n) is 6.29. The molecule has 0 aliphatic carbocycles. The Bertz CT molecular complexity index is 1170. The standard InChI is InChI=1S/C30H34Br2N2O3/c1-4-21(3)33-30(36)27(18-23-9-7-6-8-10-23)34(19-24-11-14-25(31)15-12-24)29(35)20-37-28-16-13-22(5-2)17-26(28)32/h6-17,21,27H,4-5,18-20H2,1-3H3,(H,33,36)/t21-,27+/m1/s1. The number of ether oxygens (including phenoxy) is 1. The van der Waals surface area contributed by atoms with Gasteiger partial charge in [-0.1, -0.05) is 78.3 Å². The van der Waals surface area contributed by atoms with Crippen LogP contribution in [-0.4, -0.2) is 35.4 Å². The lowest BCUT2D eigenvalue weighted by molar-refractivity contribution is -0.143. The number of carbonyl (C=O) groups is 2. The van der Waals surface area contributed by atoms with E-state index in [0.717, 1.165) is 32.9 Å². The zero-order chi connectivity index (χ0) is 26.8. The second kappa shape index (κ2) is 14.3. The lowest BCUT2D eigenvalue weighted by atomic mass is 10.0. The molecule has 0 heterocycles. The molecule has 0 fully saturated rings. The fourth-order valence-corrected chi connectivity index (χ4v) is 4.69. The van der Waals surface area contributed by atoms with Crippen LogP contribution in [0.2, 0.25) is 0 Å². The Morgan fingerprint density at radius 3 is 2.22 bits per heavy atom. The van der Waals surface area contributed by atoms with Crippen molar-refractivity contribution >= 4 is 43.7 Å². The first-order valence-corrected chi connectivity index (χ1v) is 14.2. The number of amides is 2. The largest absolute Gasteiger partial charge is 0.483 e. The van der Waals surface area contributed by atoms with Crippen molar-refractivity contribution in [1.29, 1.82) is 0 Å². The summed E-state index contributed by atoms with van der Waals surface area (Å²) in [5.74, 6) is 0.171. The number of rotatable bonds is 12. The van der Waals surface area contributed by atoms with E-state index in [1.54, 1.807) is 4.90 Å². The molecule has 0 aliphatic heterocycles. The molecular weight excluding hydrogens is 596 g/mol. The molecule has 0 unspecified atom stereocenters. The fraction of sp³-hybridized carbons (Fsp3) is 0.333. The summed E-state index contributed by atoms with van der Waals surface area (Å²) in [5.41, 5.74) is 3.09. The van der Waals surface area contributed by atoms with Gasteiger partial charge in [-0.15, -0.1) is 0 Å². The summed E-state index contributed by atoms with van der Waals surface area (Å²) in [6, 6.07) is 22.7. The molecule has 0 aromatic heterocycles. The smallest absolute Gasteiger partial charge is 0.261 e. The van der Waals surface area contributed by atoms with E-state index in [4.69, 9.17) is 4.74 Å². The monoisotopic (exact) mass is 628 g/mol. The van der Waals surface area contributed by atoms with Gasteiger partial charge in [-0.25, -0.2) is 0 Å². The number of nitrogens with zero attached hydrogens (tertiary/aromatic N) is 1. The van der Waals surface area contributed by atoms with Crippen LogP contribution in [-0.2, 0) is 29.0 Å². The highest BCUT2D eigenvalue weighted by Gasteiger charge is 2.31. The van der Waals surface area contributed by atoms with E-state index in [2.05, 4.69) is 44.1 Å². The fourth-order valence-electron chi connectivity index (χ4n) is 3.89. The van der Waals surface area contributed by atoms with Crippen molar-refractivity contribution in [3.63, 3.8) is 0 Å². The molecule has 0 radical (unpaired) electrons. The molecule has 2 atom stereocenters. The first-order chi connectivity index (χ1) is 17.8. The van der Waals surface area contributed by atoms with Crippen LogP contribution in [0.15, 0.2) is 81.7 Å². The number of benzene rings is 3. The molecule has 5 nitrogen and oxygen atoms in total. The molecule has 0 saturated heterocycles. The minimum absolute atomic E-state index is 0.000286. The first-order valence-electron chi connectivity index (χ1n) is 12.6. The van der Waals surface area contributed by atoms with E-state index in [0.29, 0.717) is 12.2 Å². The Kier molecular flexibility index (Phi) is 11.2. The number of nitrogens with one attached hydrogen (secondary N) is 1. The van der Waals surface area contributed by atoms with Crippen LogP contribution in [0.1, 0.15) is 43.9 Å². The summed E-state index contributed by atoms with van der Waals surface area (Å²) < 4.78 is 7.69. The van der Waals surface area contributed by atoms with Crippen LogP contribution >= 0.6 is 31.9 Å². The lowest BCUT2D eigenvalue weighted by Crippen LogP contribution is -2.53. The molecule has 196 valence electrons. The number of hydrogen-bond acceptors (Lipinski definition) is 3. The summed E-state index contributed by atoms with van der Waals surface area (Å²) in [5, 5.41) is 3.09. The van der Waals surface area contributed by atoms with Gasteiger partial charge in [0.2, 0.25) is 5.91 Å². The summed E-state index contributed by atoms with van der Waals surface area (Å²) in [4.78, 5) is 28.9. The molecule has 3 aromatic carbocycles. The molecule has 37 heavy (non-hydrogen) atoms. The average molecular weight is 630 g/mol. The summed E-state index contributed by atoms with van der Waals surface area (Å²) in [6.07, 6.45) is 2.11. The van der Waals surface area contributed by atoms with Crippen LogP contribution in [0.5, 0.6) is 5.75 Å². The van der Waals surface area contributed by atoms with E-state index in [1.165, 1.54) is 5.56 Å². The Labute approximate surface area is 236 Å². The molecule has 0 saturated carbocycles. The normalized spacial score (nSPS) is 12.5. The van der Waals surface area contributed by atoms with Crippen molar-refractivity contribution in [3.05, 3.63) is 98.4 Å². The highest BCUT2D eigenvalue weighted by molar-refractivity contribution is 9.10. The van der Waals surface area contributed by atoms with Gasteiger partial charge in [-0.2, -0.15) is 0 Å². The van der Waals surface area contributed by atoms with E-state index in [1.807, 2.05) is 86.6 Å². The number of hydrogen-bond donors (Lipinski definition) is 1. The molecule has 1 N–H and O–H groups in total. The highest BCUT2D eigenvalue weighted by atomic mass is 79.9. The zero-order valence-electron chi connectivity index (χ0n) is 21.5. The van der Waals surface area contributed by atoms with Crippen molar-refractivity contribution in [1.82, 2.24) is 10.2 Å². The summed E-state index contributed by atoms with van der Waals surface area (Å²) >= 11 is 7.02. The van der Waals surface area contributed by atoms with Gasteiger partial charge in [-0.05, 0) is 76.7 Å². The van der Waals surface area contributed by atoms with E-state index in [-0.39, 0.29) is 31.0 Å². The number of halogens is 2. The first kappa shape index (κ1) is 28.9. The molecule has 0 spiro atoms. The third-order valence-corrected chi connectivity index (χ3v) is 7.44. The Hall–Kier alpha value is -2.64. The molecule has 0 bridgehead atoms. The second-order valence-electron chi connectivity index (χ2n) is 9.08. The molecular formula is C30H34Br2N2O3. The van der Waals surface area contributed by atoms with E-state index >= 15 is 0 Å². The summed E-state index contributed by atoms with van der Waals surface area (Å²) in [7, 11) is 0. The van der Waals surface area contributed by atoms with Crippen LogP contribution in [0, 0.1) is 0 Å². The highest BCUT2D eigenvalue weighted by Crippen LogP contribution is 2.26. The maximum absolute atomic E-state index is 13.7. The molecule has 2 amide bonds. The van der Waals surface area contributed by atoms with Gasteiger partial charge in [0, 0.05) is 23.5 Å². The maximum atomic E-state index is 13.7. The second-order valence-corrected chi connectivity index (χ2v) is 10.8. The van der Waals surface area contributed by atoms with Crippen molar-refractivity contribution < 1.29 is 14.3 Å². The van der Waals surface area contributed by atoms with Gasteiger partial charge >= 0.3 is 0 Å². The Morgan fingerprint density at radius 1 is 0.919 bits per heavy atom. The lowest BCUT2D eigenvalue weighted by Gasteiger charge is -2.32.